The zero-order valence-corrected chi connectivity index (χ0v) is 23.0. The van der Waals surface area contributed by atoms with E-state index in [1.807, 2.05) is 53.4 Å². The maximum atomic E-state index is 13.9. The van der Waals surface area contributed by atoms with Crippen LogP contribution < -0.4 is 5.32 Å². The van der Waals surface area contributed by atoms with Crippen LogP contribution in [0.4, 0.5) is 4.79 Å². The number of likely N-dealkylation sites (N-methyl/N-ethyl adjacent to an activating group) is 1. The molecule has 3 aliphatic rings. The van der Waals surface area contributed by atoms with E-state index in [-0.39, 0.29) is 24.4 Å². The zero-order chi connectivity index (χ0) is 27.2. The minimum atomic E-state index is -0.519. The van der Waals surface area contributed by atoms with Crippen LogP contribution in [0.3, 0.4) is 0 Å². The lowest BCUT2D eigenvalue weighted by Gasteiger charge is -2.55. The second-order valence-electron chi connectivity index (χ2n) is 11.2. The molecule has 4 amide bonds. The number of hydrogen-bond donors (Lipinski definition) is 1. The van der Waals surface area contributed by atoms with Crippen LogP contribution in [0, 0.1) is 5.92 Å². The quantitative estimate of drug-likeness (QED) is 0.558. The predicted molar refractivity (Wildman–Crippen MR) is 150 cm³/mol. The molecule has 39 heavy (non-hydrogen) atoms. The summed E-state index contributed by atoms with van der Waals surface area (Å²) < 4.78 is 0. The van der Waals surface area contributed by atoms with Gasteiger partial charge >= 0.3 is 6.03 Å². The van der Waals surface area contributed by atoms with E-state index in [4.69, 9.17) is 0 Å². The third-order valence-corrected chi connectivity index (χ3v) is 8.45. The number of amides is 4. The van der Waals surface area contributed by atoms with Crippen LogP contribution in [0.15, 0.2) is 60.7 Å². The SMILES string of the molecule is CN1CC(=O)N2[C@@H](CC3CCCCC3)C(=O)N(CCCc3ccccc3)C[C@@H]2N1C(=O)NCc1ccccc1. The van der Waals surface area contributed by atoms with Crippen LogP contribution in [0.25, 0.3) is 0 Å². The van der Waals surface area contributed by atoms with Gasteiger partial charge in [-0.1, -0.05) is 92.8 Å². The van der Waals surface area contributed by atoms with E-state index in [1.165, 1.54) is 24.8 Å². The molecule has 2 aromatic carbocycles. The van der Waals surface area contributed by atoms with Crippen molar-refractivity contribution in [2.24, 2.45) is 5.92 Å². The number of hydrogen-bond acceptors (Lipinski definition) is 4. The van der Waals surface area contributed by atoms with Gasteiger partial charge in [0.1, 0.15) is 12.2 Å². The van der Waals surface area contributed by atoms with Crippen molar-refractivity contribution in [1.29, 1.82) is 0 Å². The maximum absolute atomic E-state index is 13.9. The summed E-state index contributed by atoms with van der Waals surface area (Å²) in [6, 6.07) is 19.3. The van der Waals surface area contributed by atoms with Crippen molar-refractivity contribution >= 4 is 17.8 Å². The van der Waals surface area contributed by atoms with Crippen molar-refractivity contribution in [3.8, 4) is 0 Å². The predicted octanol–water partition coefficient (Wildman–Crippen LogP) is 4.03. The summed E-state index contributed by atoms with van der Waals surface area (Å²) in [6.07, 6.45) is 7.69. The monoisotopic (exact) mass is 531 g/mol. The fraction of sp³-hybridized carbons (Fsp3) is 0.516. The third kappa shape index (κ3) is 6.44. The smallest absolute Gasteiger partial charge is 0.334 e. The molecule has 0 bridgehead atoms. The molecule has 3 fully saturated rings. The number of piperazine rings is 1. The molecular formula is C31H41N5O3. The van der Waals surface area contributed by atoms with Crippen LogP contribution in [0.5, 0.6) is 0 Å². The molecule has 8 nitrogen and oxygen atoms in total. The molecule has 2 aromatic rings. The van der Waals surface area contributed by atoms with Gasteiger partial charge in [0.25, 0.3) is 0 Å². The molecule has 0 radical (unpaired) electrons. The number of fused-ring (bicyclic) bond motifs is 1. The van der Waals surface area contributed by atoms with Crippen LogP contribution in [0.1, 0.15) is 56.1 Å². The number of carbonyl (C=O) groups is 3. The lowest BCUT2D eigenvalue weighted by atomic mass is 9.83. The molecule has 1 N–H and O–H groups in total. The Morgan fingerprint density at radius 2 is 1.59 bits per heavy atom. The van der Waals surface area contributed by atoms with Crippen LogP contribution >= 0.6 is 0 Å². The summed E-state index contributed by atoms with van der Waals surface area (Å²) in [6.45, 7) is 1.41. The highest BCUT2D eigenvalue weighted by Crippen LogP contribution is 2.34. The van der Waals surface area contributed by atoms with Crippen LogP contribution in [-0.4, -0.2) is 76.6 Å². The van der Waals surface area contributed by atoms with Gasteiger partial charge in [0.05, 0.1) is 13.1 Å². The maximum Gasteiger partial charge on any atom is 0.334 e. The average molecular weight is 532 g/mol. The van der Waals surface area contributed by atoms with Gasteiger partial charge in [-0.05, 0) is 36.3 Å². The van der Waals surface area contributed by atoms with Crippen molar-refractivity contribution in [2.75, 3.05) is 26.7 Å². The molecule has 1 saturated carbocycles. The van der Waals surface area contributed by atoms with Gasteiger partial charge in [0.2, 0.25) is 11.8 Å². The molecule has 2 aliphatic heterocycles. The number of nitrogens with one attached hydrogen (secondary N) is 1. The van der Waals surface area contributed by atoms with E-state index in [0.29, 0.717) is 32.0 Å². The fourth-order valence-corrected chi connectivity index (χ4v) is 6.45. The first kappa shape index (κ1) is 27.2. The number of hydrazine groups is 1. The Balaban J connectivity index is 1.35. The average Bonchev–Trinajstić information content (AvgIpc) is 2.95. The Kier molecular flexibility index (Phi) is 8.81. The first-order chi connectivity index (χ1) is 19.0. The summed E-state index contributed by atoms with van der Waals surface area (Å²) in [5.41, 5.74) is 2.26. The largest absolute Gasteiger partial charge is 0.337 e. The van der Waals surface area contributed by atoms with Gasteiger partial charge in [-0.2, -0.15) is 0 Å². The zero-order valence-electron chi connectivity index (χ0n) is 23.0. The van der Waals surface area contributed by atoms with Gasteiger partial charge in [-0.3, -0.25) is 9.59 Å². The standard InChI is InChI=1S/C31H41N5O3/c1-33-23-29(37)35-27(20-25-14-7-3-8-15-25)30(38)34(19-11-18-24-12-5-2-6-13-24)22-28(35)36(33)31(39)32-21-26-16-9-4-10-17-26/h2,4-6,9-10,12-13,16-17,25,27-28H,3,7-8,11,14-15,18-23H2,1H3,(H,32,39)/t27-,28-/m0/s1. The molecule has 208 valence electrons. The number of aryl methyl sites for hydroxylation is 1. The minimum Gasteiger partial charge on any atom is -0.337 e. The van der Waals surface area contributed by atoms with Gasteiger partial charge in [-0.25, -0.2) is 14.8 Å². The lowest BCUT2D eigenvalue weighted by molar-refractivity contribution is -0.188. The third-order valence-electron chi connectivity index (χ3n) is 8.45. The van der Waals surface area contributed by atoms with E-state index in [2.05, 4.69) is 17.4 Å². The van der Waals surface area contributed by atoms with Crippen molar-refractivity contribution in [3.05, 3.63) is 71.8 Å². The van der Waals surface area contributed by atoms with E-state index in [0.717, 1.165) is 31.2 Å². The molecule has 2 saturated heterocycles. The molecule has 2 atom stereocenters. The molecule has 0 unspecified atom stereocenters. The highest BCUT2D eigenvalue weighted by Gasteiger charge is 2.50. The fourth-order valence-electron chi connectivity index (χ4n) is 6.45. The van der Waals surface area contributed by atoms with Gasteiger partial charge in [0, 0.05) is 20.1 Å². The van der Waals surface area contributed by atoms with Gasteiger partial charge in [0.15, 0.2) is 0 Å². The number of urea groups is 1. The second kappa shape index (κ2) is 12.6. The van der Waals surface area contributed by atoms with Crippen molar-refractivity contribution in [2.45, 2.75) is 70.1 Å². The lowest BCUT2D eigenvalue weighted by Crippen LogP contribution is -2.76. The molecular weight excluding hydrogens is 490 g/mol. The van der Waals surface area contributed by atoms with Crippen molar-refractivity contribution < 1.29 is 14.4 Å². The minimum absolute atomic E-state index is 0.0347. The highest BCUT2D eigenvalue weighted by atomic mass is 16.2. The molecule has 0 aromatic heterocycles. The highest BCUT2D eigenvalue weighted by molar-refractivity contribution is 5.91. The van der Waals surface area contributed by atoms with E-state index in [1.54, 1.807) is 22.0 Å². The van der Waals surface area contributed by atoms with Gasteiger partial charge in [-0.15, -0.1) is 0 Å². The summed E-state index contributed by atoms with van der Waals surface area (Å²) in [5, 5.41) is 6.41. The normalized spacial score (nSPS) is 22.6. The van der Waals surface area contributed by atoms with Crippen molar-refractivity contribution in [1.82, 2.24) is 25.1 Å². The van der Waals surface area contributed by atoms with Crippen LogP contribution in [-0.2, 0) is 22.6 Å². The van der Waals surface area contributed by atoms with E-state index >= 15 is 0 Å². The summed E-state index contributed by atoms with van der Waals surface area (Å²) in [7, 11) is 1.78. The topological polar surface area (TPSA) is 76.2 Å². The summed E-state index contributed by atoms with van der Waals surface area (Å²) in [4.78, 5) is 44.6. The van der Waals surface area contributed by atoms with E-state index < -0.39 is 12.2 Å². The first-order valence-corrected chi connectivity index (χ1v) is 14.5. The molecule has 5 rings (SSSR count). The summed E-state index contributed by atoms with van der Waals surface area (Å²) >= 11 is 0. The first-order valence-electron chi connectivity index (χ1n) is 14.5. The molecule has 8 heteroatoms. The number of carbonyl (C=O) groups excluding carboxylic acids is 3. The summed E-state index contributed by atoms with van der Waals surface area (Å²) in [5.74, 6) is 0.394. The van der Waals surface area contributed by atoms with E-state index in [9.17, 15) is 14.4 Å². The number of benzene rings is 2. The molecule has 1 aliphatic carbocycles. The Bertz CT molecular complexity index is 1120. The van der Waals surface area contributed by atoms with Crippen LogP contribution in [0.2, 0.25) is 0 Å². The molecule has 2 heterocycles. The number of rotatable bonds is 8. The Hall–Kier alpha value is -3.39. The Morgan fingerprint density at radius 1 is 0.923 bits per heavy atom. The number of nitrogens with zero attached hydrogens (tertiary/aromatic N) is 4. The van der Waals surface area contributed by atoms with Crippen molar-refractivity contribution in [3.63, 3.8) is 0 Å². The van der Waals surface area contributed by atoms with Gasteiger partial charge < -0.3 is 15.1 Å². The Morgan fingerprint density at radius 3 is 2.28 bits per heavy atom. The second-order valence-corrected chi connectivity index (χ2v) is 11.2. The molecule has 0 spiro atoms. The Labute approximate surface area is 231 Å².